The molecule has 0 aromatic heterocycles. The number of anilines is 1. The van der Waals surface area contributed by atoms with Gasteiger partial charge in [0.1, 0.15) is 0 Å². The van der Waals surface area contributed by atoms with Crippen molar-refractivity contribution in [2.24, 2.45) is 0 Å². The Morgan fingerprint density at radius 2 is 2.08 bits per heavy atom. The maximum atomic E-state index is 10.4. The number of carbonyl (C=O) groups is 1. The normalized spacial score (nSPS) is 12.5. The summed E-state index contributed by atoms with van der Waals surface area (Å²) >= 11 is 0. The van der Waals surface area contributed by atoms with E-state index in [-0.39, 0.29) is 0 Å². The summed E-state index contributed by atoms with van der Waals surface area (Å²) in [5.41, 5.74) is 7.09. The number of aliphatic carboxylic acids is 1. The number of benzene rings is 1. The first-order valence-corrected chi connectivity index (χ1v) is 3.78. The number of carboxylic acids is 1. The first-order valence-electron chi connectivity index (χ1n) is 3.78. The molecule has 0 saturated heterocycles. The summed E-state index contributed by atoms with van der Waals surface area (Å²) in [7, 11) is 0. The van der Waals surface area contributed by atoms with Crippen LogP contribution >= 0.6 is 0 Å². The Labute approximate surface area is 75.6 Å². The second-order valence-corrected chi connectivity index (χ2v) is 2.92. The molecule has 1 aromatic carbocycles. The molecule has 0 fully saturated rings. The number of rotatable bonds is 2. The first kappa shape index (κ1) is 9.54. The zero-order valence-corrected chi connectivity index (χ0v) is 7.19. The Hall–Kier alpha value is -1.55. The molecule has 4 N–H and O–H groups in total. The van der Waals surface area contributed by atoms with Crippen LogP contribution in [0.1, 0.15) is 17.2 Å². The average molecular weight is 181 g/mol. The fourth-order valence-corrected chi connectivity index (χ4v) is 1.14. The number of nitrogens with two attached hydrogens (primary N) is 1. The van der Waals surface area contributed by atoms with Gasteiger partial charge in [0.25, 0.3) is 0 Å². The fraction of sp³-hybridized carbons (Fsp3) is 0.222. The van der Waals surface area contributed by atoms with Crippen molar-refractivity contribution < 1.29 is 15.0 Å². The quantitative estimate of drug-likeness (QED) is 0.586. The number of carboxylic acid groups (broad SMARTS) is 1. The van der Waals surface area contributed by atoms with Crippen LogP contribution in [0.2, 0.25) is 0 Å². The van der Waals surface area contributed by atoms with E-state index in [9.17, 15) is 9.90 Å². The van der Waals surface area contributed by atoms with E-state index in [2.05, 4.69) is 0 Å². The van der Waals surface area contributed by atoms with Crippen LogP contribution in [0.5, 0.6) is 0 Å². The van der Waals surface area contributed by atoms with E-state index >= 15 is 0 Å². The Kier molecular flexibility index (Phi) is 2.53. The lowest BCUT2D eigenvalue weighted by molar-refractivity contribution is -0.146. The smallest absolute Gasteiger partial charge is 0.337 e. The molecule has 70 valence electrons. The van der Waals surface area contributed by atoms with Crippen molar-refractivity contribution in [2.75, 3.05) is 5.73 Å². The standard InChI is InChI=1S/C9H11NO3/c1-5-2-6(4-7(10)3-5)8(11)9(12)13/h2-4,8,11H,10H2,1H3,(H,12,13). The van der Waals surface area contributed by atoms with E-state index in [0.29, 0.717) is 11.3 Å². The van der Waals surface area contributed by atoms with Crippen molar-refractivity contribution in [3.05, 3.63) is 29.3 Å². The Morgan fingerprint density at radius 3 is 2.54 bits per heavy atom. The predicted octanol–water partition coefficient (Wildman–Crippen LogP) is 0.695. The maximum Gasteiger partial charge on any atom is 0.337 e. The fourth-order valence-electron chi connectivity index (χ4n) is 1.14. The molecule has 1 atom stereocenters. The lowest BCUT2D eigenvalue weighted by Crippen LogP contribution is -2.10. The second kappa shape index (κ2) is 3.45. The highest BCUT2D eigenvalue weighted by molar-refractivity contribution is 5.74. The summed E-state index contributed by atoms with van der Waals surface area (Å²) in [6, 6.07) is 4.75. The lowest BCUT2D eigenvalue weighted by Gasteiger charge is -2.07. The van der Waals surface area contributed by atoms with E-state index < -0.39 is 12.1 Å². The minimum absolute atomic E-state index is 0.310. The molecule has 0 amide bonds. The molecule has 1 aromatic rings. The molecule has 0 aliphatic carbocycles. The van der Waals surface area contributed by atoms with Gasteiger partial charge in [0.05, 0.1) is 0 Å². The molecular formula is C9H11NO3. The van der Waals surface area contributed by atoms with Crippen LogP contribution in [0.3, 0.4) is 0 Å². The second-order valence-electron chi connectivity index (χ2n) is 2.92. The third-order valence-corrected chi connectivity index (χ3v) is 1.67. The highest BCUT2D eigenvalue weighted by Crippen LogP contribution is 2.18. The summed E-state index contributed by atoms with van der Waals surface area (Å²) in [5, 5.41) is 17.7. The van der Waals surface area contributed by atoms with Gasteiger partial charge in [0.2, 0.25) is 0 Å². The Bertz CT molecular complexity index is 315. The molecule has 4 nitrogen and oxygen atoms in total. The van der Waals surface area contributed by atoms with Gasteiger partial charge in [0.15, 0.2) is 6.10 Å². The zero-order valence-electron chi connectivity index (χ0n) is 7.19. The summed E-state index contributed by atoms with van der Waals surface area (Å²) in [6.45, 7) is 1.79. The van der Waals surface area contributed by atoms with Gasteiger partial charge in [-0.2, -0.15) is 0 Å². The molecule has 0 spiro atoms. The molecule has 4 heteroatoms. The molecule has 0 aliphatic heterocycles. The monoisotopic (exact) mass is 181 g/mol. The maximum absolute atomic E-state index is 10.4. The largest absolute Gasteiger partial charge is 0.479 e. The number of hydrogen-bond acceptors (Lipinski definition) is 3. The van der Waals surface area contributed by atoms with Gasteiger partial charge in [-0.3, -0.25) is 0 Å². The van der Waals surface area contributed by atoms with Crippen molar-refractivity contribution >= 4 is 11.7 Å². The third-order valence-electron chi connectivity index (χ3n) is 1.67. The van der Waals surface area contributed by atoms with Crippen molar-refractivity contribution in [2.45, 2.75) is 13.0 Å². The number of aliphatic hydroxyl groups excluding tert-OH is 1. The lowest BCUT2D eigenvalue weighted by atomic mass is 10.1. The van der Waals surface area contributed by atoms with Gasteiger partial charge in [-0.15, -0.1) is 0 Å². The van der Waals surface area contributed by atoms with Gasteiger partial charge in [0, 0.05) is 5.69 Å². The Balaban J connectivity index is 3.07. The molecule has 0 bridgehead atoms. The topological polar surface area (TPSA) is 83.5 Å². The molecule has 0 radical (unpaired) electrons. The average Bonchev–Trinajstić information content (AvgIpc) is 2.01. The van der Waals surface area contributed by atoms with Gasteiger partial charge < -0.3 is 15.9 Å². The van der Waals surface area contributed by atoms with Crippen LogP contribution in [0.15, 0.2) is 18.2 Å². The van der Waals surface area contributed by atoms with Crippen molar-refractivity contribution in [1.29, 1.82) is 0 Å². The summed E-state index contributed by atoms with van der Waals surface area (Å²) in [5.74, 6) is -1.27. The SMILES string of the molecule is Cc1cc(N)cc(C(O)C(=O)O)c1. The number of hydrogen-bond donors (Lipinski definition) is 3. The van der Waals surface area contributed by atoms with Crippen LogP contribution in [0, 0.1) is 6.92 Å². The first-order chi connectivity index (χ1) is 6.00. The highest BCUT2D eigenvalue weighted by Gasteiger charge is 2.15. The van der Waals surface area contributed by atoms with E-state index in [4.69, 9.17) is 10.8 Å². The van der Waals surface area contributed by atoms with Gasteiger partial charge in [-0.1, -0.05) is 6.07 Å². The number of nitrogen functional groups attached to an aromatic ring is 1. The number of aryl methyl sites for hydroxylation is 1. The number of aliphatic hydroxyl groups is 1. The van der Waals surface area contributed by atoms with Crippen LogP contribution in [0.25, 0.3) is 0 Å². The molecular weight excluding hydrogens is 170 g/mol. The molecule has 13 heavy (non-hydrogen) atoms. The third kappa shape index (κ3) is 2.19. The van der Waals surface area contributed by atoms with Crippen LogP contribution in [-0.2, 0) is 4.79 Å². The van der Waals surface area contributed by atoms with Crippen molar-refractivity contribution in [1.82, 2.24) is 0 Å². The molecule has 1 unspecified atom stereocenters. The van der Waals surface area contributed by atoms with Crippen LogP contribution < -0.4 is 5.73 Å². The molecule has 0 aliphatic rings. The summed E-state index contributed by atoms with van der Waals surface area (Å²) in [6.07, 6.45) is -1.50. The molecule has 0 heterocycles. The van der Waals surface area contributed by atoms with Crippen LogP contribution in [-0.4, -0.2) is 16.2 Å². The predicted molar refractivity (Wildman–Crippen MR) is 48.2 cm³/mol. The Morgan fingerprint density at radius 1 is 1.46 bits per heavy atom. The van der Waals surface area contributed by atoms with Crippen LogP contribution in [0.4, 0.5) is 5.69 Å². The van der Waals surface area contributed by atoms with E-state index in [0.717, 1.165) is 5.56 Å². The van der Waals surface area contributed by atoms with E-state index in [1.807, 2.05) is 0 Å². The van der Waals surface area contributed by atoms with Gasteiger partial charge in [-0.05, 0) is 30.2 Å². The molecule has 1 rings (SSSR count). The minimum Gasteiger partial charge on any atom is -0.479 e. The summed E-state index contributed by atoms with van der Waals surface area (Å²) < 4.78 is 0. The zero-order chi connectivity index (χ0) is 10.0. The van der Waals surface area contributed by atoms with Crippen molar-refractivity contribution in [3.63, 3.8) is 0 Å². The highest BCUT2D eigenvalue weighted by atomic mass is 16.4. The van der Waals surface area contributed by atoms with Gasteiger partial charge in [-0.25, -0.2) is 4.79 Å². The van der Waals surface area contributed by atoms with Gasteiger partial charge >= 0.3 is 5.97 Å². The summed E-state index contributed by atoms with van der Waals surface area (Å²) in [4.78, 5) is 10.4. The van der Waals surface area contributed by atoms with Crippen molar-refractivity contribution in [3.8, 4) is 0 Å². The minimum atomic E-state index is -1.50. The van der Waals surface area contributed by atoms with E-state index in [1.165, 1.54) is 6.07 Å². The van der Waals surface area contributed by atoms with E-state index in [1.54, 1.807) is 19.1 Å². The molecule has 0 saturated carbocycles.